The summed E-state index contributed by atoms with van der Waals surface area (Å²) >= 11 is 4.83. The van der Waals surface area contributed by atoms with Crippen molar-refractivity contribution in [3.8, 4) is 0 Å². The van der Waals surface area contributed by atoms with Crippen molar-refractivity contribution in [3.05, 3.63) is 44.6 Å². The molecule has 0 fully saturated rings. The summed E-state index contributed by atoms with van der Waals surface area (Å²) in [6.07, 6.45) is 0. The zero-order valence-electron chi connectivity index (χ0n) is 11.8. The number of anilines is 1. The van der Waals surface area contributed by atoms with Crippen LogP contribution < -0.4 is 10.0 Å². The third-order valence-corrected chi connectivity index (χ3v) is 6.33. The van der Waals surface area contributed by atoms with Gasteiger partial charge in [0.1, 0.15) is 4.90 Å². The van der Waals surface area contributed by atoms with Gasteiger partial charge in [-0.3, -0.25) is 4.72 Å². The minimum atomic E-state index is -3.60. The number of benzene rings is 1. The highest BCUT2D eigenvalue weighted by Crippen LogP contribution is 2.29. The molecule has 0 radical (unpaired) electrons. The molecule has 4 nitrogen and oxygen atoms in total. The third-order valence-electron chi connectivity index (χ3n) is 2.92. The predicted octanol–water partition coefficient (Wildman–Crippen LogP) is 3.73. The quantitative estimate of drug-likeness (QED) is 0.792. The van der Waals surface area contributed by atoms with E-state index in [9.17, 15) is 8.42 Å². The standard InChI is InChI=1S/C14H17BrN2O2S2/c1-3-16-8-11-6-10(2)14(15)13(7-11)21(18,19)17-12-4-5-20-9-12/h4-7,9,16-17H,3,8H2,1-2H3. The molecule has 0 saturated heterocycles. The number of sulfonamides is 1. The molecule has 1 aromatic heterocycles. The molecule has 2 aromatic rings. The summed E-state index contributed by atoms with van der Waals surface area (Å²) in [5.41, 5.74) is 2.43. The zero-order valence-corrected chi connectivity index (χ0v) is 15.0. The molecule has 1 heterocycles. The Balaban J connectivity index is 2.39. The maximum absolute atomic E-state index is 12.5. The van der Waals surface area contributed by atoms with E-state index < -0.39 is 10.0 Å². The summed E-state index contributed by atoms with van der Waals surface area (Å²) < 4.78 is 28.3. The van der Waals surface area contributed by atoms with Crippen molar-refractivity contribution in [2.45, 2.75) is 25.3 Å². The molecule has 114 valence electrons. The molecule has 0 bridgehead atoms. The van der Waals surface area contributed by atoms with E-state index in [2.05, 4.69) is 26.0 Å². The first-order chi connectivity index (χ1) is 9.94. The Morgan fingerprint density at radius 2 is 2.10 bits per heavy atom. The second kappa shape index (κ2) is 6.91. The van der Waals surface area contributed by atoms with Crippen molar-refractivity contribution in [3.63, 3.8) is 0 Å². The normalized spacial score (nSPS) is 11.6. The Morgan fingerprint density at radius 1 is 1.33 bits per heavy atom. The van der Waals surface area contributed by atoms with Crippen molar-refractivity contribution in [1.82, 2.24) is 5.32 Å². The lowest BCUT2D eigenvalue weighted by Crippen LogP contribution is -2.16. The lowest BCUT2D eigenvalue weighted by atomic mass is 10.1. The van der Waals surface area contributed by atoms with Gasteiger partial charge in [0.15, 0.2) is 0 Å². The molecule has 0 saturated carbocycles. The molecule has 0 aliphatic heterocycles. The van der Waals surface area contributed by atoms with Gasteiger partial charge in [-0.25, -0.2) is 8.42 Å². The minimum absolute atomic E-state index is 0.265. The van der Waals surface area contributed by atoms with Gasteiger partial charge >= 0.3 is 0 Å². The van der Waals surface area contributed by atoms with E-state index in [-0.39, 0.29) is 4.90 Å². The van der Waals surface area contributed by atoms with Gasteiger partial charge in [-0.2, -0.15) is 11.3 Å². The first-order valence-corrected chi connectivity index (χ1v) is 9.70. The highest BCUT2D eigenvalue weighted by atomic mass is 79.9. The minimum Gasteiger partial charge on any atom is -0.313 e. The van der Waals surface area contributed by atoms with Crippen LogP contribution in [0.2, 0.25) is 0 Å². The van der Waals surface area contributed by atoms with E-state index in [0.717, 1.165) is 17.7 Å². The van der Waals surface area contributed by atoms with E-state index in [1.165, 1.54) is 11.3 Å². The number of nitrogens with one attached hydrogen (secondary N) is 2. The average Bonchev–Trinajstić information content (AvgIpc) is 2.91. The highest BCUT2D eigenvalue weighted by Gasteiger charge is 2.20. The van der Waals surface area contributed by atoms with Crippen molar-refractivity contribution >= 4 is 43.0 Å². The Morgan fingerprint density at radius 3 is 2.71 bits per heavy atom. The van der Waals surface area contributed by atoms with Crippen LogP contribution >= 0.6 is 27.3 Å². The molecule has 0 spiro atoms. The van der Waals surface area contributed by atoms with E-state index in [1.54, 1.807) is 17.5 Å². The summed E-state index contributed by atoms with van der Waals surface area (Å²) in [7, 11) is -3.60. The topological polar surface area (TPSA) is 58.2 Å². The second-order valence-electron chi connectivity index (χ2n) is 4.62. The maximum Gasteiger partial charge on any atom is 0.263 e. The summed E-state index contributed by atoms with van der Waals surface area (Å²) in [6, 6.07) is 5.43. The van der Waals surface area contributed by atoms with Gasteiger partial charge in [-0.1, -0.05) is 13.0 Å². The maximum atomic E-state index is 12.5. The number of halogens is 1. The molecule has 7 heteroatoms. The van der Waals surface area contributed by atoms with Gasteiger partial charge in [0.25, 0.3) is 10.0 Å². The molecule has 0 amide bonds. The Hall–Kier alpha value is -0.890. The smallest absolute Gasteiger partial charge is 0.263 e. The van der Waals surface area contributed by atoms with Crippen LogP contribution in [0.5, 0.6) is 0 Å². The zero-order chi connectivity index (χ0) is 15.5. The molecular weight excluding hydrogens is 372 g/mol. The number of hydrogen-bond acceptors (Lipinski definition) is 4. The van der Waals surface area contributed by atoms with Crippen LogP contribution in [0.3, 0.4) is 0 Å². The number of thiophene rings is 1. The molecular formula is C14H17BrN2O2S2. The summed E-state index contributed by atoms with van der Waals surface area (Å²) in [4.78, 5) is 0.265. The Labute approximate surface area is 137 Å². The fourth-order valence-electron chi connectivity index (χ4n) is 1.91. The fraction of sp³-hybridized carbons (Fsp3) is 0.286. The van der Waals surface area contributed by atoms with Crippen molar-refractivity contribution in [1.29, 1.82) is 0 Å². The molecule has 21 heavy (non-hydrogen) atoms. The van der Waals surface area contributed by atoms with E-state index >= 15 is 0 Å². The number of hydrogen-bond donors (Lipinski definition) is 2. The Bertz CT molecular complexity index is 713. The van der Waals surface area contributed by atoms with Gasteiger partial charge < -0.3 is 5.32 Å². The van der Waals surface area contributed by atoms with E-state index in [0.29, 0.717) is 16.7 Å². The number of aryl methyl sites for hydroxylation is 1. The summed E-state index contributed by atoms with van der Waals surface area (Å²) in [6.45, 7) is 5.39. The molecule has 0 aliphatic rings. The third kappa shape index (κ3) is 4.06. The van der Waals surface area contributed by atoms with Crippen molar-refractivity contribution < 1.29 is 8.42 Å². The van der Waals surface area contributed by atoms with Gasteiger partial charge in [0.2, 0.25) is 0 Å². The second-order valence-corrected chi connectivity index (χ2v) is 7.85. The first kappa shape index (κ1) is 16.5. The monoisotopic (exact) mass is 388 g/mol. The summed E-state index contributed by atoms with van der Waals surface area (Å²) in [5, 5.41) is 6.80. The molecule has 0 aliphatic carbocycles. The molecule has 0 unspecified atom stereocenters. The van der Waals surface area contributed by atoms with E-state index in [1.807, 2.05) is 25.3 Å². The van der Waals surface area contributed by atoms with Crippen LogP contribution in [0.1, 0.15) is 18.1 Å². The van der Waals surface area contributed by atoms with Crippen LogP contribution in [0.15, 0.2) is 38.3 Å². The van der Waals surface area contributed by atoms with Gasteiger partial charge in [-0.15, -0.1) is 0 Å². The van der Waals surface area contributed by atoms with Crippen LogP contribution in [0.25, 0.3) is 0 Å². The van der Waals surface area contributed by atoms with Gasteiger partial charge in [0.05, 0.1) is 5.69 Å². The molecule has 2 N–H and O–H groups in total. The fourth-order valence-corrected chi connectivity index (χ4v) is 4.69. The van der Waals surface area contributed by atoms with Crippen LogP contribution in [-0.4, -0.2) is 15.0 Å². The summed E-state index contributed by atoms with van der Waals surface area (Å²) in [5.74, 6) is 0. The Kier molecular flexibility index (Phi) is 5.43. The van der Waals surface area contributed by atoms with Crippen LogP contribution in [0, 0.1) is 6.92 Å². The lowest BCUT2D eigenvalue weighted by Gasteiger charge is -2.13. The molecule has 0 atom stereocenters. The van der Waals surface area contributed by atoms with Gasteiger partial charge in [-0.05, 0) is 58.0 Å². The first-order valence-electron chi connectivity index (χ1n) is 6.49. The van der Waals surface area contributed by atoms with Crippen molar-refractivity contribution in [2.75, 3.05) is 11.3 Å². The lowest BCUT2D eigenvalue weighted by molar-refractivity contribution is 0.600. The SMILES string of the molecule is CCNCc1cc(C)c(Br)c(S(=O)(=O)Nc2ccsc2)c1. The van der Waals surface area contributed by atoms with Gasteiger partial charge in [0, 0.05) is 16.4 Å². The number of rotatable bonds is 6. The molecule has 2 rings (SSSR count). The highest BCUT2D eigenvalue weighted by molar-refractivity contribution is 9.10. The van der Waals surface area contributed by atoms with Crippen molar-refractivity contribution in [2.24, 2.45) is 0 Å². The predicted molar refractivity (Wildman–Crippen MR) is 91.4 cm³/mol. The largest absolute Gasteiger partial charge is 0.313 e. The van der Waals surface area contributed by atoms with Crippen LogP contribution in [0.4, 0.5) is 5.69 Å². The average molecular weight is 389 g/mol. The van der Waals surface area contributed by atoms with E-state index in [4.69, 9.17) is 0 Å². The van der Waals surface area contributed by atoms with Crippen LogP contribution in [-0.2, 0) is 16.6 Å². The molecule has 1 aromatic carbocycles.